The summed E-state index contributed by atoms with van der Waals surface area (Å²) in [5.41, 5.74) is 2.84. The van der Waals surface area contributed by atoms with E-state index in [0.29, 0.717) is 16.7 Å². The van der Waals surface area contributed by atoms with E-state index in [9.17, 15) is 14.4 Å². The first-order valence-corrected chi connectivity index (χ1v) is 7.67. The molecule has 130 valence electrons. The largest absolute Gasteiger partial charge is 0.508 e. The maximum Gasteiger partial charge on any atom is 0.336 e. The molecule has 0 heterocycles. The molecule has 0 aliphatic carbocycles. The number of hydrogen-bond acceptors (Lipinski definition) is 4. The van der Waals surface area contributed by atoms with Crippen molar-refractivity contribution in [1.82, 2.24) is 0 Å². The summed E-state index contributed by atoms with van der Waals surface area (Å²) in [5.74, 6) is -0.777. The van der Waals surface area contributed by atoms with Gasteiger partial charge in [0.1, 0.15) is 18.3 Å². The molecule has 0 aromatic heterocycles. The number of aromatic carboxylic acids is 1. The van der Waals surface area contributed by atoms with Gasteiger partial charge in [0.05, 0.1) is 5.56 Å². The van der Waals surface area contributed by atoms with Crippen molar-refractivity contribution in [2.75, 3.05) is 0 Å². The van der Waals surface area contributed by atoms with Gasteiger partial charge in [0.15, 0.2) is 0 Å². The van der Waals surface area contributed by atoms with Crippen LogP contribution in [-0.4, -0.2) is 28.8 Å². The summed E-state index contributed by atoms with van der Waals surface area (Å²) in [6, 6.07) is 19.7. The van der Waals surface area contributed by atoms with Crippen LogP contribution in [0.1, 0.15) is 31.1 Å². The third-order valence-corrected chi connectivity index (χ3v) is 3.54. The normalized spacial score (nSPS) is 9.54. The van der Waals surface area contributed by atoms with Gasteiger partial charge >= 0.3 is 5.97 Å². The molecule has 5 nitrogen and oxygen atoms in total. The Morgan fingerprint density at radius 3 is 1.73 bits per heavy atom. The smallest absolute Gasteiger partial charge is 0.336 e. The molecule has 0 saturated carbocycles. The number of carboxylic acids is 1. The fourth-order valence-electron chi connectivity index (χ4n) is 2.22. The van der Waals surface area contributed by atoms with E-state index in [0.717, 1.165) is 18.1 Å². The zero-order chi connectivity index (χ0) is 18.9. The number of carboxylic acid groups (broad SMARTS) is 1. The summed E-state index contributed by atoms with van der Waals surface area (Å²) in [6.45, 7) is 0. The minimum atomic E-state index is -0.958. The number of aromatic hydroxyl groups is 1. The standard InChI is InChI=1S/C14H10O3.C7H6O2/c15-9-10-5-7-11(8-6-10)12-3-1-2-4-13(12)14(16)17;8-5-6-1-3-7(9)4-2-6/h1-9H,(H,16,17);1-5,9H. The van der Waals surface area contributed by atoms with Gasteiger partial charge in [0.2, 0.25) is 0 Å². The van der Waals surface area contributed by atoms with Gasteiger partial charge in [-0.05, 0) is 41.5 Å². The Balaban J connectivity index is 0.000000228. The Hall–Kier alpha value is -3.73. The van der Waals surface area contributed by atoms with E-state index in [1.54, 1.807) is 60.7 Å². The number of carbonyl (C=O) groups is 3. The van der Waals surface area contributed by atoms with Crippen molar-refractivity contribution in [2.45, 2.75) is 0 Å². The van der Waals surface area contributed by atoms with Crippen molar-refractivity contribution < 1.29 is 24.6 Å². The molecule has 3 aromatic rings. The lowest BCUT2D eigenvalue weighted by Crippen LogP contribution is -1.98. The molecule has 0 bridgehead atoms. The highest BCUT2D eigenvalue weighted by Gasteiger charge is 2.10. The van der Waals surface area contributed by atoms with Crippen LogP contribution in [0.2, 0.25) is 0 Å². The fraction of sp³-hybridized carbons (Fsp3) is 0. The van der Waals surface area contributed by atoms with Crippen molar-refractivity contribution in [1.29, 1.82) is 0 Å². The van der Waals surface area contributed by atoms with Crippen molar-refractivity contribution in [3.05, 3.63) is 89.5 Å². The summed E-state index contributed by atoms with van der Waals surface area (Å²) in [6.07, 6.45) is 1.49. The molecular formula is C21H16O5. The summed E-state index contributed by atoms with van der Waals surface area (Å²) >= 11 is 0. The lowest BCUT2D eigenvalue weighted by Gasteiger charge is -2.05. The second-order valence-corrected chi connectivity index (χ2v) is 5.30. The summed E-state index contributed by atoms with van der Waals surface area (Å²) in [4.78, 5) is 31.6. The van der Waals surface area contributed by atoms with Crippen LogP contribution in [0.3, 0.4) is 0 Å². The number of rotatable bonds is 4. The highest BCUT2D eigenvalue weighted by molar-refractivity contribution is 5.96. The monoisotopic (exact) mass is 348 g/mol. The summed E-state index contributed by atoms with van der Waals surface area (Å²) < 4.78 is 0. The molecule has 0 spiro atoms. The number of carbonyl (C=O) groups excluding carboxylic acids is 2. The molecule has 26 heavy (non-hydrogen) atoms. The molecule has 3 rings (SSSR count). The van der Waals surface area contributed by atoms with Crippen molar-refractivity contribution in [3.63, 3.8) is 0 Å². The van der Waals surface area contributed by atoms with Crippen molar-refractivity contribution >= 4 is 18.5 Å². The van der Waals surface area contributed by atoms with E-state index >= 15 is 0 Å². The van der Waals surface area contributed by atoms with Gasteiger partial charge in [-0.25, -0.2) is 4.79 Å². The van der Waals surface area contributed by atoms with Crippen LogP contribution in [0, 0.1) is 0 Å². The minimum Gasteiger partial charge on any atom is -0.508 e. The van der Waals surface area contributed by atoms with Gasteiger partial charge in [-0.15, -0.1) is 0 Å². The number of aldehydes is 2. The fourth-order valence-corrected chi connectivity index (χ4v) is 2.22. The highest BCUT2D eigenvalue weighted by atomic mass is 16.4. The molecule has 0 unspecified atom stereocenters. The lowest BCUT2D eigenvalue weighted by molar-refractivity contribution is 0.0697. The topological polar surface area (TPSA) is 91.7 Å². The minimum absolute atomic E-state index is 0.181. The predicted molar refractivity (Wildman–Crippen MR) is 97.7 cm³/mol. The first-order chi connectivity index (χ1) is 12.5. The van der Waals surface area contributed by atoms with Crippen LogP contribution in [0.5, 0.6) is 5.75 Å². The lowest BCUT2D eigenvalue weighted by atomic mass is 9.99. The third kappa shape index (κ3) is 4.88. The Morgan fingerprint density at radius 1 is 0.731 bits per heavy atom. The van der Waals surface area contributed by atoms with Crippen molar-refractivity contribution in [3.8, 4) is 16.9 Å². The quantitative estimate of drug-likeness (QED) is 0.694. The Kier molecular flexibility index (Phi) is 6.40. The molecule has 3 aromatic carbocycles. The highest BCUT2D eigenvalue weighted by Crippen LogP contribution is 2.23. The zero-order valence-corrected chi connectivity index (χ0v) is 13.7. The van der Waals surface area contributed by atoms with Gasteiger partial charge in [-0.2, -0.15) is 0 Å². The molecule has 0 atom stereocenters. The van der Waals surface area contributed by atoms with E-state index in [1.807, 2.05) is 0 Å². The maximum atomic E-state index is 11.1. The molecule has 0 aliphatic heterocycles. The van der Waals surface area contributed by atoms with Crippen molar-refractivity contribution in [2.24, 2.45) is 0 Å². The average molecular weight is 348 g/mol. The SMILES string of the molecule is O=Cc1ccc(-c2ccccc2C(=O)O)cc1.O=Cc1ccc(O)cc1. The Bertz CT molecular complexity index is 896. The third-order valence-electron chi connectivity index (χ3n) is 3.54. The van der Waals surface area contributed by atoms with Gasteiger partial charge in [0, 0.05) is 11.1 Å². The Morgan fingerprint density at radius 2 is 1.23 bits per heavy atom. The average Bonchev–Trinajstić information content (AvgIpc) is 2.69. The van der Waals surface area contributed by atoms with Crippen LogP contribution in [0.4, 0.5) is 0 Å². The predicted octanol–water partition coefficient (Wildman–Crippen LogP) is 4.07. The number of phenolic OH excluding ortho intramolecular Hbond substituents is 1. The number of hydrogen-bond donors (Lipinski definition) is 2. The second kappa shape index (κ2) is 8.94. The number of phenols is 1. The maximum absolute atomic E-state index is 11.1. The van der Waals surface area contributed by atoms with E-state index in [-0.39, 0.29) is 11.3 Å². The van der Waals surface area contributed by atoms with E-state index in [1.165, 1.54) is 12.1 Å². The van der Waals surface area contributed by atoms with Gasteiger partial charge < -0.3 is 10.2 Å². The number of benzene rings is 3. The van der Waals surface area contributed by atoms with Crippen LogP contribution in [-0.2, 0) is 0 Å². The van der Waals surface area contributed by atoms with Crippen LogP contribution in [0.25, 0.3) is 11.1 Å². The summed E-state index contributed by atoms with van der Waals surface area (Å²) in [7, 11) is 0. The molecular weight excluding hydrogens is 332 g/mol. The second-order valence-electron chi connectivity index (χ2n) is 5.30. The molecule has 2 N–H and O–H groups in total. The van der Waals surface area contributed by atoms with Gasteiger partial charge in [-0.3, -0.25) is 9.59 Å². The van der Waals surface area contributed by atoms with Gasteiger partial charge in [0.25, 0.3) is 0 Å². The van der Waals surface area contributed by atoms with E-state index in [2.05, 4.69) is 0 Å². The molecule has 0 saturated heterocycles. The molecule has 0 aliphatic rings. The summed E-state index contributed by atoms with van der Waals surface area (Å²) in [5, 5.41) is 17.8. The van der Waals surface area contributed by atoms with Gasteiger partial charge in [-0.1, -0.05) is 42.5 Å². The molecule has 0 amide bonds. The Labute approximate surface area is 150 Å². The van der Waals surface area contributed by atoms with E-state index < -0.39 is 5.97 Å². The molecule has 0 radical (unpaired) electrons. The molecule has 5 heteroatoms. The zero-order valence-electron chi connectivity index (χ0n) is 13.7. The first kappa shape index (κ1) is 18.6. The molecule has 0 fully saturated rings. The van der Waals surface area contributed by atoms with Crippen LogP contribution >= 0.6 is 0 Å². The van der Waals surface area contributed by atoms with Crippen LogP contribution in [0.15, 0.2) is 72.8 Å². The van der Waals surface area contributed by atoms with E-state index in [4.69, 9.17) is 10.2 Å². The first-order valence-electron chi connectivity index (χ1n) is 7.67. The van der Waals surface area contributed by atoms with Crippen LogP contribution < -0.4 is 0 Å².